The summed E-state index contributed by atoms with van der Waals surface area (Å²) in [6.07, 6.45) is -3.46. The number of aryl methyl sites for hydroxylation is 2. The maximum atomic E-state index is 13.3. The number of aliphatic carboxylic acids is 1. The molecule has 1 N–H and O–H groups in total. The van der Waals surface area contributed by atoms with Crippen LogP contribution in [0.15, 0.2) is 34.7 Å². The van der Waals surface area contributed by atoms with Crippen LogP contribution in [-0.2, 0) is 30.4 Å². The summed E-state index contributed by atoms with van der Waals surface area (Å²) < 4.78 is 51.6. The normalized spacial score (nSPS) is 11.8. The molecule has 0 radical (unpaired) electrons. The summed E-state index contributed by atoms with van der Waals surface area (Å²) in [6, 6.07) is 7.30. The van der Waals surface area contributed by atoms with E-state index in [2.05, 4.69) is 0 Å². The molecule has 0 aliphatic rings. The number of alkyl halides is 3. The van der Waals surface area contributed by atoms with E-state index in [0.29, 0.717) is 40.9 Å². The molecule has 0 aliphatic heterocycles. The van der Waals surface area contributed by atoms with Gasteiger partial charge in [0.15, 0.2) is 0 Å². The lowest BCUT2D eigenvalue weighted by molar-refractivity contribution is -0.138. The maximum absolute atomic E-state index is 13.3. The summed E-state index contributed by atoms with van der Waals surface area (Å²) in [5.41, 5.74) is 2.62. The Hall–Kier alpha value is -2.96. The van der Waals surface area contributed by atoms with E-state index in [1.54, 1.807) is 18.2 Å². The average molecular weight is 420 g/mol. The first-order valence-corrected chi connectivity index (χ1v) is 9.66. The molecular weight excluding hydrogens is 397 g/mol. The van der Waals surface area contributed by atoms with Crippen molar-refractivity contribution in [2.24, 2.45) is 0 Å². The van der Waals surface area contributed by atoms with Gasteiger partial charge in [-0.3, -0.25) is 4.79 Å². The quantitative estimate of drug-likeness (QED) is 0.492. The Balaban J connectivity index is 1.90. The van der Waals surface area contributed by atoms with E-state index >= 15 is 0 Å². The Morgan fingerprint density at radius 1 is 1.10 bits per heavy atom. The van der Waals surface area contributed by atoms with Gasteiger partial charge in [0.1, 0.15) is 23.7 Å². The lowest BCUT2D eigenvalue weighted by atomic mass is 9.99. The molecule has 0 amide bonds. The fourth-order valence-electron chi connectivity index (χ4n) is 3.40. The first-order valence-electron chi connectivity index (χ1n) is 9.66. The Morgan fingerprint density at radius 2 is 1.83 bits per heavy atom. The third-order valence-electron chi connectivity index (χ3n) is 5.26. The minimum Gasteiger partial charge on any atom is -0.488 e. The molecule has 7 heteroatoms. The average Bonchev–Trinajstić information content (AvgIpc) is 3.10. The number of carbonyl (C=O) groups is 1. The highest BCUT2D eigenvalue weighted by Gasteiger charge is 2.32. The van der Waals surface area contributed by atoms with Crippen molar-refractivity contribution in [3.8, 4) is 5.75 Å². The molecule has 0 fully saturated rings. The molecule has 160 valence electrons. The summed E-state index contributed by atoms with van der Waals surface area (Å²) in [5, 5.41) is 9.27. The number of ether oxygens (including phenoxy) is 1. The van der Waals surface area contributed by atoms with Crippen LogP contribution < -0.4 is 4.74 Å². The van der Waals surface area contributed by atoms with Crippen LogP contribution in [0.1, 0.15) is 46.9 Å². The van der Waals surface area contributed by atoms with Crippen LogP contribution in [-0.4, -0.2) is 11.1 Å². The number of carboxylic acids is 1. The van der Waals surface area contributed by atoms with Gasteiger partial charge in [-0.15, -0.1) is 0 Å². The third kappa shape index (κ3) is 4.61. The molecule has 4 nitrogen and oxygen atoms in total. The maximum Gasteiger partial charge on any atom is 0.416 e. The van der Waals surface area contributed by atoms with Crippen molar-refractivity contribution in [1.82, 2.24) is 0 Å². The Bertz CT molecular complexity index is 1080. The molecule has 3 aromatic rings. The van der Waals surface area contributed by atoms with Gasteiger partial charge in [0.25, 0.3) is 0 Å². The summed E-state index contributed by atoms with van der Waals surface area (Å²) in [4.78, 5) is 10.8. The zero-order chi connectivity index (χ0) is 22.1. The molecule has 0 saturated heterocycles. The molecule has 0 aliphatic carbocycles. The van der Waals surface area contributed by atoms with Gasteiger partial charge in [-0.2, -0.15) is 13.2 Å². The molecule has 1 aromatic heterocycles. The smallest absolute Gasteiger partial charge is 0.416 e. The monoisotopic (exact) mass is 420 g/mol. The molecule has 0 atom stereocenters. The number of rotatable bonds is 7. The Kier molecular flexibility index (Phi) is 6.10. The second-order valence-corrected chi connectivity index (χ2v) is 7.27. The number of benzene rings is 2. The molecule has 30 heavy (non-hydrogen) atoms. The van der Waals surface area contributed by atoms with Crippen LogP contribution in [0.3, 0.4) is 0 Å². The second-order valence-electron chi connectivity index (χ2n) is 7.27. The van der Waals surface area contributed by atoms with E-state index in [0.717, 1.165) is 28.8 Å². The van der Waals surface area contributed by atoms with Crippen molar-refractivity contribution in [1.29, 1.82) is 0 Å². The van der Waals surface area contributed by atoms with Crippen molar-refractivity contribution in [2.75, 3.05) is 0 Å². The van der Waals surface area contributed by atoms with Crippen molar-refractivity contribution in [2.45, 2.75) is 52.8 Å². The number of furan rings is 1. The lowest BCUT2D eigenvalue weighted by Gasteiger charge is -2.15. The van der Waals surface area contributed by atoms with E-state index in [-0.39, 0.29) is 13.0 Å². The topological polar surface area (TPSA) is 59.7 Å². The standard InChI is InChI=1S/C23H23F3O4/c1-4-19-11-16-9-18(23(24,25)26)10-17(22(16)30-19)12-29-20-7-5-15(6-8-21(27)28)13(2)14(20)3/h5,7,9-11H,4,6,8,12H2,1-3H3,(H,27,28). The SMILES string of the molecule is CCc1cc2cc(C(F)(F)F)cc(COc3ccc(CCC(=O)O)c(C)c3C)c2o1. The fourth-order valence-corrected chi connectivity index (χ4v) is 3.40. The van der Waals surface area contributed by atoms with E-state index < -0.39 is 17.7 Å². The van der Waals surface area contributed by atoms with Gasteiger partial charge in [-0.05, 0) is 61.2 Å². The zero-order valence-electron chi connectivity index (χ0n) is 17.0. The van der Waals surface area contributed by atoms with Gasteiger partial charge < -0.3 is 14.3 Å². The zero-order valence-corrected chi connectivity index (χ0v) is 17.0. The summed E-state index contributed by atoms with van der Waals surface area (Å²) in [5.74, 6) is 0.283. The van der Waals surface area contributed by atoms with Crippen molar-refractivity contribution >= 4 is 16.9 Å². The number of hydrogen-bond acceptors (Lipinski definition) is 3. The highest BCUT2D eigenvalue weighted by molar-refractivity contribution is 5.82. The number of fused-ring (bicyclic) bond motifs is 1. The van der Waals surface area contributed by atoms with Gasteiger partial charge in [-0.1, -0.05) is 13.0 Å². The van der Waals surface area contributed by atoms with Gasteiger partial charge in [0.05, 0.1) is 5.56 Å². The Labute approximate surface area is 172 Å². The highest BCUT2D eigenvalue weighted by atomic mass is 19.4. The predicted molar refractivity (Wildman–Crippen MR) is 107 cm³/mol. The van der Waals surface area contributed by atoms with Crippen LogP contribution >= 0.6 is 0 Å². The molecule has 0 spiro atoms. The van der Waals surface area contributed by atoms with Crippen LogP contribution in [0, 0.1) is 13.8 Å². The summed E-state index contributed by atoms with van der Waals surface area (Å²) in [6.45, 7) is 5.52. The van der Waals surface area contributed by atoms with Crippen LogP contribution in [0.4, 0.5) is 13.2 Å². The molecule has 0 bridgehead atoms. The van der Waals surface area contributed by atoms with Gasteiger partial charge in [0.2, 0.25) is 0 Å². The van der Waals surface area contributed by atoms with Crippen LogP contribution in [0.25, 0.3) is 11.0 Å². The lowest BCUT2D eigenvalue weighted by Crippen LogP contribution is -2.07. The van der Waals surface area contributed by atoms with E-state index in [1.165, 1.54) is 0 Å². The third-order valence-corrected chi connectivity index (χ3v) is 5.26. The van der Waals surface area contributed by atoms with Crippen molar-refractivity contribution < 1.29 is 32.2 Å². The number of carboxylic acid groups (broad SMARTS) is 1. The van der Waals surface area contributed by atoms with E-state index in [1.807, 2.05) is 20.8 Å². The molecular formula is C23H23F3O4. The minimum atomic E-state index is -4.47. The first kappa shape index (κ1) is 21.7. The van der Waals surface area contributed by atoms with Gasteiger partial charge in [0, 0.05) is 23.8 Å². The van der Waals surface area contributed by atoms with E-state index in [4.69, 9.17) is 14.3 Å². The number of hydrogen-bond donors (Lipinski definition) is 1. The summed E-state index contributed by atoms with van der Waals surface area (Å²) in [7, 11) is 0. The van der Waals surface area contributed by atoms with Gasteiger partial charge >= 0.3 is 12.1 Å². The molecule has 1 heterocycles. The highest BCUT2D eigenvalue weighted by Crippen LogP contribution is 2.35. The molecule has 0 unspecified atom stereocenters. The first-order chi connectivity index (χ1) is 14.1. The van der Waals surface area contributed by atoms with Crippen LogP contribution in [0.5, 0.6) is 5.75 Å². The molecule has 0 saturated carbocycles. The molecule has 2 aromatic carbocycles. The molecule has 3 rings (SSSR count). The Morgan fingerprint density at radius 3 is 2.47 bits per heavy atom. The minimum absolute atomic E-state index is 0.0287. The summed E-state index contributed by atoms with van der Waals surface area (Å²) >= 11 is 0. The number of halogens is 3. The van der Waals surface area contributed by atoms with Crippen molar-refractivity contribution in [3.05, 3.63) is 63.9 Å². The predicted octanol–water partition coefficient (Wildman–Crippen LogP) is 6.23. The van der Waals surface area contributed by atoms with Crippen LogP contribution in [0.2, 0.25) is 0 Å². The van der Waals surface area contributed by atoms with E-state index in [9.17, 15) is 18.0 Å². The fraction of sp³-hybridized carbons (Fsp3) is 0.348. The largest absolute Gasteiger partial charge is 0.488 e. The van der Waals surface area contributed by atoms with Gasteiger partial charge in [-0.25, -0.2) is 0 Å². The second kappa shape index (κ2) is 8.42. The van der Waals surface area contributed by atoms with Crippen molar-refractivity contribution in [3.63, 3.8) is 0 Å².